The van der Waals surface area contributed by atoms with Gasteiger partial charge >= 0.3 is 18.4 Å². The Morgan fingerprint density at radius 2 is 1.65 bits per heavy atom. The zero-order valence-corrected chi connectivity index (χ0v) is 24.1. The maximum absolute atomic E-state index is 14.3. The highest BCUT2D eigenvalue weighted by molar-refractivity contribution is 7.99. The predicted molar refractivity (Wildman–Crippen MR) is 149 cm³/mol. The van der Waals surface area contributed by atoms with Gasteiger partial charge in [0.25, 0.3) is 0 Å². The second kappa shape index (κ2) is 13.9. The number of nitrogens with one attached hydrogen (secondary N) is 1. The highest BCUT2D eigenvalue weighted by Gasteiger charge is 2.46. The van der Waals surface area contributed by atoms with Crippen LogP contribution in [0, 0.1) is 0 Å². The molecule has 2 aliphatic heterocycles. The van der Waals surface area contributed by atoms with Crippen molar-refractivity contribution in [1.82, 2.24) is 9.80 Å². The number of anilines is 1. The number of ether oxygens (including phenoxy) is 2. The molecule has 43 heavy (non-hydrogen) atoms. The zero-order valence-electron chi connectivity index (χ0n) is 23.3. The Labute approximate surface area is 249 Å². The fourth-order valence-corrected chi connectivity index (χ4v) is 5.94. The quantitative estimate of drug-likeness (QED) is 0.269. The van der Waals surface area contributed by atoms with Crippen molar-refractivity contribution in [3.8, 4) is 0 Å². The van der Waals surface area contributed by atoms with E-state index in [9.17, 15) is 35.9 Å². The summed E-state index contributed by atoms with van der Waals surface area (Å²) in [4.78, 5) is 27.0. The van der Waals surface area contributed by atoms with Gasteiger partial charge in [0.2, 0.25) is 5.91 Å². The summed E-state index contributed by atoms with van der Waals surface area (Å²) in [7, 11) is 0. The van der Waals surface area contributed by atoms with Gasteiger partial charge in [-0.2, -0.15) is 26.3 Å². The van der Waals surface area contributed by atoms with Crippen molar-refractivity contribution >= 4 is 35.5 Å². The molecule has 2 fully saturated rings. The molecule has 14 heteroatoms. The SMILES string of the molecule is CCOC(=O)N1CCC(Nc2cccc(Sc3ccc(/C=C/C(=O)N4CCOCC4)c(C(F)(F)F)c3C(F)(F)F)c2)CC1. The lowest BCUT2D eigenvalue weighted by atomic mass is 9.99. The summed E-state index contributed by atoms with van der Waals surface area (Å²) in [6.07, 6.45) is -8.18. The van der Waals surface area contributed by atoms with Crippen LogP contribution in [0.2, 0.25) is 0 Å². The molecule has 2 aromatic rings. The minimum atomic E-state index is -5.34. The lowest BCUT2D eigenvalue weighted by Gasteiger charge is -2.32. The zero-order chi connectivity index (χ0) is 31.2. The van der Waals surface area contributed by atoms with Crippen LogP contribution in [0.3, 0.4) is 0 Å². The highest BCUT2D eigenvalue weighted by atomic mass is 32.2. The van der Waals surface area contributed by atoms with E-state index in [2.05, 4.69) is 5.32 Å². The molecule has 2 amide bonds. The smallest absolute Gasteiger partial charge is 0.418 e. The molecule has 234 valence electrons. The first-order chi connectivity index (χ1) is 20.4. The van der Waals surface area contributed by atoms with E-state index in [0.717, 1.165) is 24.3 Å². The number of nitrogens with zero attached hydrogens (tertiary/aromatic N) is 2. The number of carbonyl (C=O) groups excluding carboxylic acids is 2. The monoisotopic (exact) mass is 631 g/mol. The molecule has 0 bridgehead atoms. The molecule has 0 aliphatic carbocycles. The molecular weight excluding hydrogens is 600 g/mol. The molecule has 0 spiro atoms. The maximum atomic E-state index is 14.3. The first kappa shape index (κ1) is 32.5. The van der Waals surface area contributed by atoms with Gasteiger partial charge < -0.3 is 24.6 Å². The molecule has 7 nitrogen and oxygen atoms in total. The fraction of sp³-hybridized carbons (Fsp3) is 0.448. The van der Waals surface area contributed by atoms with Crippen LogP contribution >= 0.6 is 11.8 Å². The van der Waals surface area contributed by atoms with E-state index in [4.69, 9.17) is 9.47 Å². The van der Waals surface area contributed by atoms with Gasteiger partial charge in [0.1, 0.15) is 0 Å². The third kappa shape index (κ3) is 8.59. The molecule has 2 aromatic carbocycles. The Morgan fingerprint density at radius 1 is 0.977 bits per heavy atom. The molecule has 0 radical (unpaired) electrons. The van der Waals surface area contributed by atoms with E-state index in [1.54, 1.807) is 30.0 Å². The highest BCUT2D eigenvalue weighted by Crippen LogP contribution is 2.48. The summed E-state index contributed by atoms with van der Waals surface area (Å²) in [5.74, 6) is -0.612. The first-order valence-corrected chi connectivity index (χ1v) is 14.5. The summed E-state index contributed by atoms with van der Waals surface area (Å²) in [6, 6.07) is 8.33. The van der Waals surface area contributed by atoms with Crippen LogP contribution in [0.1, 0.15) is 36.5 Å². The standard InChI is InChI=1S/C29H31F6N3O4S/c1-2-42-27(40)38-12-10-20(11-13-38)36-21-4-3-5-22(18-21)43-23-8-6-19(7-9-24(39)37-14-16-41-17-15-37)25(28(30,31)32)26(23)29(33,34)35/h3-9,18,20,36H,2,10-17H2,1H3/b9-7+. The first-order valence-electron chi connectivity index (χ1n) is 13.7. The van der Waals surface area contributed by atoms with Crippen molar-refractivity contribution in [1.29, 1.82) is 0 Å². The largest absolute Gasteiger partial charge is 0.450 e. The number of benzene rings is 2. The lowest BCUT2D eigenvalue weighted by molar-refractivity contribution is -0.163. The number of carbonyl (C=O) groups is 2. The Hall–Kier alpha value is -3.39. The average molecular weight is 632 g/mol. The van der Waals surface area contributed by atoms with Crippen LogP contribution in [0.25, 0.3) is 6.08 Å². The molecule has 1 N–H and O–H groups in total. The van der Waals surface area contributed by atoms with E-state index >= 15 is 0 Å². The van der Waals surface area contributed by atoms with E-state index in [1.807, 2.05) is 0 Å². The van der Waals surface area contributed by atoms with Gasteiger partial charge in [0.15, 0.2) is 0 Å². The van der Waals surface area contributed by atoms with Gasteiger partial charge in [-0.3, -0.25) is 4.79 Å². The Balaban J connectivity index is 1.56. The maximum Gasteiger partial charge on any atom is 0.418 e. The number of morpholine rings is 1. The van der Waals surface area contributed by atoms with Gasteiger partial charge in [-0.05, 0) is 55.7 Å². The van der Waals surface area contributed by atoms with E-state index in [1.165, 1.54) is 11.0 Å². The lowest BCUT2D eigenvalue weighted by Crippen LogP contribution is -2.42. The van der Waals surface area contributed by atoms with Crippen LogP contribution in [-0.4, -0.2) is 73.8 Å². The molecule has 4 rings (SSSR count). The Kier molecular flexibility index (Phi) is 10.5. The van der Waals surface area contributed by atoms with Crippen molar-refractivity contribution in [2.75, 3.05) is 51.3 Å². The van der Waals surface area contributed by atoms with Gasteiger partial charge in [-0.25, -0.2) is 4.79 Å². The Morgan fingerprint density at radius 3 is 2.28 bits per heavy atom. The topological polar surface area (TPSA) is 71.1 Å². The van der Waals surface area contributed by atoms with E-state index in [-0.39, 0.29) is 45.0 Å². The minimum absolute atomic E-state index is 0.0141. The summed E-state index contributed by atoms with van der Waals surface area (Å²) >= 11 is 0.571. The van der Waals surface area contributed by atoms with Crippen LogP contribution in [-0.2, 0) is 26.6 Å². The number of amides is 2. The van der Waals surface area contributed by atoms with Crippen LogP contribution in [0.4, 0.5) is 36.8 Å². The van der Waals surface area contributed by atoms with Gasteiger partial charge in [0, 0.05) is 53.8 Å². The second-order valence-electron chi connectivity index (χ2n) is 9.90. The number of rotatable bonds is 7. The van der Waals surface area contributed by atoms with Crippen molar-refractivity contribution in [2.24, 2.45) is 0 Å². The molecule has 2 saturated heterocycles. The molecule has 2 aliphatic rings. The number of likely N-dealkylation sites (tertiary alicyclic amines) is 1. The third-order valence-electron chi connectivity index (χ3n) is 6.95. The molecule has 0 unspecified atom stereocenters. The number of hydrogen-bond donors (Lipinski definition) is 1. The van der Waals surface area contributed by atoms with E-state index < -0.39 is 39.8 Å². The number of halogens is 6. The van der Waals surface area contributed by atoms with Crippen molar-refractivity contribution in [3.05, 3.63) is 59.2 Å². The molecular formula is C29H31F6N3O4S. The number of alkyl halides is 6. The normalized spacial score (nSPS) is 16.9. The minimum Gasteiger partial charge on any atom is -0.450 e. The van der Waals surface area contributed by atoms with Crippen LogP contribution < -0.4 is 5.32 Å². The molecule has 0 aromatic heterocycles. The van der Waals surface area contributed by atoms with Crippen molar-refractivity contribution < 1.29 is 45.4 Å². The molecule has 0 atom stereocenters. The number of hydrogen-bond acceptors (Lipinski definition) is 6. The predicted octanol–water partition coefficient (Wildman–Crippen LogP) is 6.78. The van der Waals surface area contributed by atoms with Gasteiger partial charge in [-0.1, -0.05) is 23.9 Å². The van der Waals surface area contributed by atoms with Crippen LogP contribution in [0.15, 0.2) is 52.3 Å². The van der Waals surface area contributed by atoms with Gasteiger partial charge in [0.05, 0.1) is 30.9 Å². The third-order valence-corrected chi connectivity index (χ3v) is 8.00. The Bertz CT molecular complexity index is 1320. The van der Waals surface area contributed by atoms with Crippen molar-refractivity contribution in [3.63, 3.8) is 0 Å². The van der Waals surface area contributed by atoms with E-state index in [0.29, 0.717) is 48.3 Å². The fourth-order valence-electron chi connectivity index (χ4n) is 4.89. The van der Waals surface area contributed by atoms with Gasteiger partial charge in [-0.15, -0.1) is 0 Å². The summed E-state index contributed by atoms with van der Waals surface area (Å²) in [6.45, 7) is 3.94. The molecule has 0 saturated carbocycles. The summed E-state index contributed by atoms with van der Waals surface area (Å²) in [5.41, 5.74) is -3.82. The van der Waals surface area contributed by atoms with Crippen LogP contribution in [0.5, 0.6) is 0 Å². The van der Waals surface area contributed by atoms with Crippen molar-refractivity contribution in [2.45, 2.75) is 48.0 Å². The average Bonchev–Trinajstić information content (AvgIpc) is 2.96. The second-order valence-corrected chi connectivity index (χ2v) is 11.0. The summed E-state index contributed by atoms with van der Waals surface area (Å²) in [5, 5.41) is 3.30. The summed E-state index contributed by atoms with van der Waals surface area (Å²) < 4.78 is 95.5. The molecule has 2 heterocycles. The number of piperidine rings is 1.